The van der Waals surface area contributed by atoms with E-state index < -0.39 is 0 Å². The molecule has 0 heterocycles. The van der Waals surface area contributed by atoms with Gasteiger partial charge in [0, 0.05) is 6.04 Å². The molecule has 11 heavy (non-hydrogen) atoms. The first-order valence-electron chi connectivity index (χ1n) is 4.69. The van der Waals surface area contributed by atoms with Crippen LogP contribution in [-0.4, -0.2) is 12.6 Å². The molecule has 0 aromatic carbocycles. The largest absolute Gasteiger partial charge is 0.314 e. The van der Waals surface area contributed by atoms with Crippen LogP contribution in [0.5, 0.6) is 0 Å². The lowest BCUT2D eigenvalue weighted by Gasteiger charge is -2.04. The van der Waals surface area contributed by atoms with Crippen LogP contribution in [0.2, 0.25) is 0 Å². The number of allylic oxidation sites excluding steroid dienone is 1. The van der Waals surface area contributed by atoms with E-state index in [2.05, 4.69) is 31.3 Å². The minimum absolute atomic E-state index is 0.629. The van der Waals surface area contributed by atoms with Gasteiger partial charge in [-0.2, -0.15) is 0 Å². The van der Waals surface area contributed by atoms with Crippen molar-refractivity contribution in [3.63, 3.8) is 0 Å². The van der Waals surface area contributed by atoms with Gasteiger partial charge in [-0.05, 0) is 31.7 Å². The van der Waals surface area contributed by atoms with E-state index in [4.69, 9.17) is 0 Å². The van der Waals surface area contributed by atoms with Crippen molar-refractivity contribution in [2.75, 3.05) is 6.54 Å². The lowest BCUT2D eigenvalue weighted by Crippen LogP contribution is -2.23. The summed E-state index contributed by atoms with van der Waals surface area (Å²) in [7, 11) is 0. The maximum absolute atomic E-state index is 3.39. The fourth-order valence-corrected chi connectivity index (χ4v) is 1.03. The number of rotatable bonds is 5. The molecule has 0 radical (unpaired) electrons. The van der Waals surface area contributed by atoms with Gasteiger partial charge in [0.1, 0.15) is 0 Å². The van der Waals surface area contributed by atoms with Gasteiger partial charge in [-0.15, -0.1) is 0 Å². The smallest absolute Gasteiger partial charge is 0.00105 e. The van der Waals surface area contributed by atoms with E-state index in [-0.39, 0.29) is 0 Å². The number of hydrogen-bond acceptors (Lipinski definition) is 1. The molecule has 1 nitrogen and oxygen atoms in total. The average Bonchev–Trinajstić information content (AvgIpc) is 2.70. The molecule has 1 fully saturated rings. The van der Waals surface area contributed by atoms with Crippen LogP contribution >= 0.6 is 0 Å². The molecule has 64 valence electrons. The molecule has 0 atom stereocenters. The molecule has 0 spiro atoms. The third-order valence-electron chi connectivity index (χ3n) is 1.89. The van der Waals surface area contributed by atoms with Crippen LogP contribution in [0.3, 0.4) is 0 Å². The second kappa shape index (κ2) is 4.55. The van der Waals surface area contributed by atoms with Gasteiger partial charge < -0.3 is 5.32 Å². The predicted molar refractivity (Wildman–Crippen MR) is 49.6 cm³/mol. The lowest BCUT2D eigenvalue weighted by atomic mass is 10.3. The van der Waals surface area contributed by atoms with Gasteiger partial charge in [0.05, 0.1) is 0 Å². The molecular weight excluding hydrogens is 134 g/mol. The quantitative estimate of drug-likeness (QED) is 0.472. The average molecular weight is 153 g/mol. The summed E-state index contributed by atoms with van der Waals surface area (Å²) in [6, 6.07) is 0.629. The fourth-order valence-electron chi connectivity index (χ4n) is 1.03. The first kappa shape index (κ1) is 8.79. The van der Waals surface area contributed by atoms with Crippen LogP contribution in [0, 0.1) is 5.92 Å². The van der Waals surface area contributed by atoms with Gasteiger partial charge in [0.25, 0.3) is 0 Å². The zero-order valence-corrected chi connectivity index (χ0v) is 7.64. The van der Waals surface area contributed by atoms with Crippen molar-refractivity contribution in [3.05, 3.63) is 12.2 Å². The molecular formula is C10H19N. The van der Waals surface area contributed by atoms with Gasteiger partial charge in [-0.1, -0.05) is 26.0 Å². The van der Waals surface area contributed by atoms with Crippen molar-refractivity contribution >= 4 is 0 Å². The van der Waals surface area contributed by atoms with Crippen LogP contribution in [0.25, 0.3) is 0 Å². The Morgan fingerprint density at radius 1 is 1.45 bits per heavy atom. The van der Waals surface area contributed by atoms with Gasteiger partial charge in [-0.25, -0.2) is 0 Å². The van der Waals surface area contributed by atoms with Crippen molar-refractivity contribution in [3.8, 4) is 0 Å². The van der Waals surface area contributed by atoms with E-state index >= 15 is 0 Å². The normalized spacial score (nSPS) is 18.5. The highest BCUT2D eigenvalue weighted by atomic mass is 14.9. The second-order valence-corrected chi connectivity index (χ2v) is 3.66. The van der Waals surface area contributed by atoms with E-state index in [1.165, 1.54) is 19.3 Å². The molecule has 1 rings (SSSR count). The predicted octanol–water partition coefficient (Wildman–Crippen LogP) is 2.34. The van der Waals surface area contributed by atoms with Crippen molar-refractivity contribution in [1.29, 1.82) is 0 Å². The highest BCUT2D eigenvalue weighted by molar-refractivity contribution is 4.95. The van der Waals surface area contributed by atoms with Crippen molar-refractivity contribution in [1.82, 2.24) is 5.32 Å². The molecule has 1 aliphatic rings. The Morgan fingerprint density at radius 3 is 2.73 bits per heavy atom. The maximum atomic E-state index is 3.39. The molecule has 0 saturated heterocycles. The summed E-state index contributed by atoms with van der Waals surface area (Å²) in [4.78, 5) is 0. The summed E-state index contributed by atoms with van der Waals surface area (Å²) in [5, 5.41) is 3.39. The molecule has 1 aliphatic carbocycles. The maximum Gasteiger partial charge on any atom is 0.00105 e. The molecule has 1 heteroatoms. The minimum atomic E-state index is 0.629. The highest BCUT2D eigenvalue weighted by Gasteiger charge is 2.16. The molecule has 0 bridgehead atoms. The minimum Gasteiger partial charge on any atom is -0.314 e. The Kier molecular flexibility index (Phi) is 3.64. The number of hydrogen-bond donors (Lipinski definition) is 1. The Bertz CT molecular complexity index is 123. The Hall–Kier alpha value is -0.300. The van der Waals surface area contributed by atoms with Crippen LogP contribution in [0.1, 0.15) is 33.1 Å². The zero-order chi connectivity index (χ0) is 8.10. The third-order valence-corrected chi connectivity index (χ3v) is 1.89. The first-order chi connectivity index (χ1) is 5.29. The van der Waals surface area contributed by atoms with Crippen LogP contribution in [-0.2, 0) is 0 Å². The molecule has 0 aromatic rings. The zero-order valence-electron chi connectivity index (χ0n) is 7.64. The Labute approximate surface area is 69.9 Å². The summed E-state index contributed by atoms with van der Waals surface area (Å²) >= 11 is 0. The van der Waals surface area contributed by atoms with E-state index in [0.717, 1.165) is 12.5 Å². The van der Waals surface area contributed by atoms with Gasteiger partial charge in [0.2, 0.25) is 0 Å². The Balaban J connectivity index is 1.86. The van der Waals surface area contributed by atoms with Crippen LogP contribution in [0.15, 0.2) is 12.2 Å². The van der Waals surface area contributed by atoms with E-state index in [0.29, 0.717) is 6.04 Å². The topological polar surface area (TPSA) is 12.0 Å². The van der Waals surface area contributed by atoms with Crippen molar-refractivity contribution in [2.45, 2.75) is 39.2 Å². The van der Waals surface area contributed by atoms with Crippen molar-refractivity contribution in [2.24, 2.45) is 5.92 Å². The molecule has 0 unspecified atom stereocenters. The van der Waals surface area contributed by atoms with E-state index in [1.54, 1.807) is 0 Å². The van der Waals surface area contributed by atoms with Gasteiger partial charge in [0.15, 0.2) is 0 Å². The molecule has 0 aliphatic heterocycles. The van der Waals surface area contributed by atoms with Crippen LogP contribution in [0.4, 0.5) is 0 Å². The number of nitrogens with one attached hydrogen (secondary N) is 1. The van der Waals surface area contributed by atoms with Crippen LogP contribution < -0.4 is 5.32 Å². The first-order valence-corrected chi connectivity index (χ1v) is 4.69. The molecule has 0 amide bonds. The summed E-state index contributed by atoms with van der Waals surface area (Å²) in [5.74, 6) is 0.939. The van der Waals surface area contributed by atoms with Gasteiger partial charge in [-0.3, -0.25) is 0 Å². The fraction of sp³-hybridized carbons (Fsp3) is 0.800. The lowest BCUT2D eigenvalue weighted by molar-refractivity contribution is 0.594. The van der Waals surface area contributed by atoms with E-state index in [1.807, 2.05) is 0 Å². The van der Waals surface area contributed by atoms with Gasteiger partial charge >= 0.3 is 0 Å². The summed E-state index contributed by atoms with van der Waals surface area (Å²) < 4.78 is 0. The standard InChI is InChI=1S/C10H19N/c1-9(2)11-8-4-3-5-10-6-7-10/h3,5,9-11H,4,6-8H2,1-2H3. The second-order valence-electron chi connectivity index (χ2n) is 3.66. The molecule has 1 N–H and O–H groups in total. The summed E-state index contributed by atoms with van der Waals surface area (Å²) in [5.41, 5.74) is 0. The van der Waals surface area contributed by atoms with E-state index in [9.17, 15) is 0 Å². The highest BCUT2D eigenvalue weighted by Crippen LogP contribution is 2.29. The molecule has 0 aromatic heterocycles. The summed E-state index contributed by atoms with van der Waals surface area (Å²) in [6.45, 7) is 5.50. The Morgan fingerprint density at radius 2 is 2.18 bits per heavy atom. The summed E-state index contributed by atoms with van der Waals surface area (Å²) in [6.07, 6.45) is 8.71. The molecule has 1 saturated carbocycles. The SMILES string of the molecule is CC(C)NCCC=CC1CC1. The monoisotopic (exact) mass is 153 g/mol. The third kappa shape index (κ3) is 5.02. The van der Waals surface area contributed by atoms with Crippen molar-refractivity contribution < 1.29 is 0 Å².